The van der Waals surface area contributed by atoms with Gasteiger partial charge in [0.05, 0.1) is 0 Å². The maximum absolute atomic E-state index is 5.53. The second kappa shape index (κ2) is 11.5. The molecule has 0 unspecified atom stereocenters. The monoisotopic (exact) mass is 406 g/mol. The molecule has 160 valence electrons. The van der Waals surface area contributed by atoms with Crippen LogP contribution >= 0.6 is 0 Å². The van der Waals surface area contributed by atoms with Gasteiger partial charge >= 0.3 is 0 Å². The van der Waals surface area contributed by atoms with E-state index in [4.69, 9.17) is 9.83 Å². The molecule has 30 heavy (non-hydrogen) atoms. The molecule has 1 aliphatic rings. The van der Waals surface area contributed by atoms with Gasteiger partial charge in [0.2, 0.25) is 0 Å². The van der Waals surface area contributed by atoms with Gasteiger partial charge in [-0.15, -0.1) is 0 Å². The van der Waals surface area contributed by atoms with Gasteiger partial charge in [-0.1, -0.05) is 60.7 Å². The summed E-state index contributed by atoms with van der Waals surface area (Å²) in [7, 11) is 0. The molecule has 3 rings (SSSR count). The lowest BCUT2D eigenvalue weighted by Gasteiger charge is -2.10. The topological polar surface area (TPSA) is 58.0 Å². The Labute approximate surface area is 180 Å². The van der Waals surface area contributed by atoms with E-state index in [0.29, 0.717) is 5.84 Å². The van der Waals surface area contributed by atoms with Crippen molar-refractivity contribution in [1.29, 1.82) is 0 Å². The third-order valence-electron chi connectivity index (χ3n) is 5.02. The van der Waals surface area contributed by atoms with Crippen LogP contribution in [0, 0.1) is 0 Å². The minimum Gasteiger partial charge on any atom is -0.367 e. The van der Waals surface area contributed by atoms with Gasteiger partial charge in [-0.2, -0.15) is 0 Å². The first-order valence-corrected chi connectivity index (χ1v) is 11.0. The van der Waals surface area contributed by atoms with E-state index in [1.807, 2.05) is 13.8 Å². The van der Waals surface area contributed by atoms with Crippen LogP contribution in [0.25, 0.3) is 0 Å². The second-order valence-electron chi connectivity index (χ2n) is 8.15. The fourth-order valence-corrected chi connectivity index (χ4v) is 3.39. The van der Waals surface area contributed by atoms with Crippen LogP contribution in [0.2, 0.25) is 0 Å². The van der Waals surface area contributed by atoms with Crippen molar-refractivity contribution in [3.05, 3.63) is 71.8 Å². The molecule has 0 bridgehead atoms. The maximum atomic E-state index is 5.53. The first kappa shape index (κ1) is 22.0. The molecule has 0 saturated carbocycles. The van der Waals surface area contributed by atoms with E-state index in [2.05, 4.69) is 76.5 Å². The van der Waals surface area contributed by atoms with Crippen LogP contribution in [-0.4, -0.2) is 30.5 Å². The predicted molar refractivity (Wildman–Crippen MR) is 125 cm³/mol. The molecule has 2 aromatic rings. The quantitative estimate of drug-likeness (QED) is 0.323. The summed E-state index contributed by atoms with van der Waals surface area (Å²) >= 11 is 0. The van der Waals surface area contributed by atoms with Crippen LogP contribution in [0.4, 0.5) is 0 Å². The van der Waals surface area contributed by atoms with E-state index < -0.39 is 5.72 Å². The Morgan fingerprint density at radius 3 is 2.07 bits per heavy atom. The van der Waals surface area contributed by atoms with Gasteiger partial charge in [-0.05, 0) is 63.5 Å². The summed E-state index contributed by atoms with van der Waals surface area (Å²) in [6.45, 7) is 5.52. The molecule has 2 N–H and O–H groups in total. The highest BCUT2D eigenvalue weighted by Gasteiger charge is 2.28. The molecule has 0 fully saturated rings. The smallest absolute Gasteiger partial charge is 0.191 e. The summed E-state index contributed by atoms with van der Waals surface area (Å²) < 4.78 is 0. The number of hydrogen-bond acceptors (Lipinski definition) is 4. The Morgan fingerprint density at radius 1 is 0.900 bits per heavy atom. The Kier molecular flexibility index (Phi) is 8.45. The summed E-state index contributed by atoms with van der Waals surface area (Å²) in [6.07, 6.45) is 6.59. The number of benzene rings is 2. The van der Waals surface area contributed by atoms with Crippen molar-refractivity contribution in [2.45, 2.75) is 58.1 Å². The number of nitrogens with zero attached hydrogens (tertiary/aromatic N) is 2. The van der Waals surface area contributed by atoms with Crippen LogP contribution in [0.1, 0.15) is 50.7 Å². The van der Waals surface area contributed by atoms with Crippen LogP contribution in [0.15, 0.2) is 70.6 Å². The number of nitrogens with one attached hydrogen (secondary N) is 2. The van der Waals surface area contributed by atoms with Gasteiger partial charge in [-0.3, -0.25) is 4.99 Å². The Morgan fingerprint density at radius 2 is 1.50 bits per heavy atom. The Hall–Kier alpha value is -2.66. The lowest BCUT2D eigenvalue weighted by molar-refractivity contribution is -0.0267. The highest BCUT2D eigenvalue weighted by atomic mass is 16.7. The zero-order valence-corrected chi connectivity index (χ0v) is 18.2. The molecule has 2 aromatic carbocycles. The maximum Gasteiger partial charge on any atom is 0.191 e. The molecule has 0 aromatic heterocycles. The lowest BCUT2D eigenvalue weighted by Crippen LogP contribution is -2.38. The third kappa shape index (κ3) is 7.64. The summed E-state index contributed by atoms with van der Waals surface area (Å²) in [4.78, 5) is 14.9. The number of hydrogen-bond donors (Lipinski definition) is 2. The highest BCUT2D eigenvalue weighted by molar-refractivity contribution is 6.40. The number of amidine groups is 2. The molecule has 5 nitrogen and oxygen atoms in total. The average Bonchev–Trinajstić information content (AvgIpc) is 3.13. The molecular weight excluding hydrogens is 372 g/mol. The molecule has 5 heteroatoms. The van der Waals surface area contributed by atoms with Crippen molar-refractivity contribution in [2.24, 2.45) is 9.98 Å². The standard InChI is InChI=1S/C25H34N4O/c1-25(2)28-24(29-30-25)23(26-19-11-9-17-21-13-5-3-6-14-21)27-20-12-10-18-22-15-7-4-8-16-22/h3-8,13-16H,9-12,17-20H2,1-2H3,(H,26,27)(H,28,29). The molecule has 0 spiro atoms. The molecule has 1 aliphatic heterocycles. The summed E-state index contributed by atoms with van der Waals surface area (Å²) in [5, 5.41) is 3.47. The Balaban J connectivity index is 1.44. The minimum absolute atomic E-state index is 0.557. The van der Waals surface area contributed by atoms with Crippen molar-refractivity contribution >= 4 is 11.7 Å². The minimum atomic E-state index is -0.557. The molecule has 0 amide bonds. The normalized spacial score (nSPS) is 15.5. The molecule has 0 saturated heterocycles. The molecule has 0 radical (unpaired) electrons. The third-order valence-corrected chi connectivity index (χ3v) is 5.02. The van der Waals surface area contributed by atoms with Crippen LogP contribution in [0.3, 0.4) is 0 Å². The number of aryl methyl sites for hydroxylation is 2. The van der Waals surface area contributed by atoms with Crippen molar-refractivity contribution in [3.63, 3.8) is 0 Å². The van der Waals surface area contributed by atoms with Gasteiger partial charge in [-0.25, -0.2) is 15.3 Å². The fourth-order valence-electron chi connectivity index (χ4n) is 3.39. The van der Waals surface area contributed by atoms with Gasteiger partial charge in [0.25, 0.3) is 0 Å². The second-order valence-corrected chi connectivity index (χ2v) is 8.15. The summed E-state index contributed by atoms with van der Waals surface area (Å²) in [5.41, 5.74) is 5.16. The van der Waals surface area contributed by atoms with Gasteiger partial charge in [0.1, 0.15) is 0 Å². The SMILES string of the molecule is CC1(C)N=C(C(=NCCCCc2ccccc2)NCCCCc2ccccc2)NO1. The Bertz CT molecular complexity index is 816. The largest absolute Gasteiger partial charge is 0.367 e. The first-order chi connectivity index (χ1) is 14.6. The van der Waals surface area contributed by atoms with Crippen molar-refractivity contribution in [1.82, 2.24) is 10.8 Å². The number of unbranched alkanes of at least 4 members (excludes halogenated alkanes) is 2. The van der Waals surface area contributed by atoms with E-state index in [1.54, 1.807) is 0 Å². The molecule has 0 atom stereocenters. The first-order valence-electron chi connectivity index (χ1n) is 11.0. The van der Waals surface area contributed by atoms with E-state index >= 15 is 0 Å². The highest BCUT2D eigenvalue weighted by Crippen LogP contribution is 2.14. The molecule has 0 aliphatic carbocycles. The summed E-state index contributed by atoms with van der Waals surface area (Å²) in [5.74, 6) is 1.51. The van der Waals surface area contributed by atoms with Crippen LogP contribution in [0.5, 0.6) is 0 Å². The van der Waals surface area contributed by atoms with Gasteiger partial charge in [0, 0.05) is 13.1 Å². The zero-order chi connectivity index (χ0) is 21.1. The lowest BCUT2D eigenvalue weighted by atomic mass is 10.1. The molecular formula is C25H34N4O. The number of aliphatic imine (C=N–C) groups is 2. The van der Waals surface area contributed by atoms with E-state index in [9.17, 15) is 0 Å². The van der Waals surface area contributed by atoms with Crippen molar-refractivity contribution in [2.75, 3.05) is 13.1 Å². The van der Waals surface area contributed by atoms with Crippen molar-refractivity contribution < 1.29 is 4.84 Å². The number of rotatable bonds is 11. The molecule has 1 heterocycles. The van der Waals surface area contributed by atoms with E-state index in [-0.39, 0.29) is 0 Å². The fraction of sp³-hybridized carbons (Fsp3) is 0.440. The van der Waals surface area contributed by atoms with E-state index in [1.165, 1.54) is 11.1 Å². The number of hydroxylamine groups is 1. The summed E-state index contributed by atoms with van der Waals surface area (Å²) in [6, 6.07) is 21.3. The predicted octanol–water partition coefficient (Wildman–Crippen LogP) is 4.69. The van der Waals surface area contributed by atoms with Crippen molar-refractivity contribution in [3.8, 4) is 0 Å². The van der Waals surface area contributed by atoms with Gasteiger partial charge < -0.3 is 5.32 Å². The van der Waals surface area contributed by atoms with Crippen LogP contribution in [-0.2, 0) is 17.7 Å². The zero-order valence-electron chi connectivity index (χ0n) is 18.2. The van der Waals surface area contributed by atoms with Gasteiger partial charge in [0.15, 0.2) is 17.4 Å². The average molecular weight is 407 g/mol. The van der Waals surface area contributed by atoms with Crippen LogP contribution < -0.4 is 10.8 Å². The van der Waals surface area contributed by atoms with E-state index in [0.717, 1.165) is 57.5 Å².